The number of rotatable bonds is 6. The fraction of sp³-hybridized carbons (Fsp3) is 0.462. The molecule has 0 aliphatic heterocycles. The van der Waals surface area contributed by atoms with Gasteiger partial charge >= 0.3 is 0 Å². The summed E-state index contributed by atoms with van der Waals surface area (Å²) in [6.07, 6.45) is 2.41. The standard InChI is InChI=1S/C13H16ClNO2S/c14-12-5-3-11(4-6-12)8-18(17)9-13(16)15-7-10-1-2-10/h3-6,10H,1-2,7-9H2,(H,15,16)/t18-/m1/s1. The summed E-state index contributed by atoms with van der Waals surface area (Å²) in [4.78, 5) is 11.5. The van der Waals surface area contributed by atoms with Gasteiger partial charge in [-0.15, -0.1) is 0 Å². The summed E-state index contributed by atoms with van der Waals surface area (Å²) in [6.45, 7) is 0.733. The Hall–Kier alpha value is -0.870. The molecule has 0 heterocycles. The quantitative estimate of drug-likeness (QED) is 0.870. The van der Waals surface area contributed by atoms with Gasteiger partial charge in [-0.25, -0.2) is 0 Å². The first-order valence-corrected chi connectivity index (χ1v) is 7.86. The second-order valence-corrected chi connectivity index (χ2v) is 6.50. The highest BCUT2D eigenvalue weighted by molar-refractivity contribution is 7.84. The molecule has 1 amide bonds. The highest BCUT2D eigenvalue weighted by Gasteiger charge is 2.21. The van der Waals surface area contributed by atoms with E-state index in [1.165, 1.54) is 12.8 Å². The number of benzene rings is 1. The van der Waals surface area contributed by atoms with Gasteiger partial charge < -0.3 is 5.32 Å². The number of hydrogen-bond acceptors (Lipinski definition) is 2. The Bertz CT molecular complexity index is 443. The molecule has 0 unspecified atom stereocenters. The lowest BCUT2D eigenvalue weighted by Gasteiger charge is -2.04. The molecule has 1 aliphatic rings. The van der Waals surface area contributed by atoms with Gasteiger partial charge in [-0.1, -0.05) is 23.7 Å². The molecule has 18 heavy (non-hydrogen) atoms. The zero-order valence-corrected chi connectivity index (χ0v) is 11.6. The average Bonchev–Trinajstić information content (AvgIpc) is 3.13. The van der Waals surface area contributed by atoms with Crippen molar-refractivity contribution < 1.29 is 9.00 Å². The van der Waals surface area contributed by atoms with E-state index in [9.17, 15) is 9.00 Å². The van der Waals surface area contributed by atoms with Crippen LogP contribution in [-0.2, 0) is 21.3 Å². The molecule has 1 aliphatic carbocycles. The fourth-order valence-electron chi connectivity index (χ4n) is 1.59. The SMILES string of the molecule is O=C(C[S@](=O)Cc1ccc(Cl)cc1)NCC1CC1. The Labute approximate surface area is 114 Å². The van der Waals surface area contributed by atoms with E-state index in [1.807, 2.05) is 12.1 Å². The van der Waals surface area contributed by atoms with Crippen molar-refractivity contribution in [2.45, 2.75) is 18.6 Å². The van der Waals surface area contributed by atoms with E-state index in [4.69, 9.17) is 11.6 Å². The minimum Gasteiger partial charge on any atom is -0.355 e. The smallest absolute Gasteiger partial charge is 0.232 e. The molecule has 5 heteroatoms. The maximum Gasteiger partial charge on any atom is 0.232 e. The second-order valence-electron chi connectivity index (χ2n) is 4.60. The molecule has 1 N–H and O–H groups in total. The molecule has 98 valence electrons. The number of halogens is 1. The Morgan fingerprint density at radius 3 is 2.61 bits per heavy atom. The Morgan fingerprint density at radius 2 is 2.00 bits per heavy atom. The minimum absolute atomic E-state index is 0.0787. The second kappa shape index (κ2) is 6.34. The van der Waals surface area contributed by atoms with Crippen molar-refractivity contribution in [1.29, 1.82) is 0 Å². The average molecular weight is 286 g/mol. The van der Waals surface area contributed by atoms with Crippen molar-refractivity contribution >= 4 is 28.3 Å². The number of nitrogens with one attached hydrogen (secondary N) is 1. The Balaban J connectivity index is 1.73. The first-order valence-electron chi connectivity index (χ1n) is 5.99. The van der Waals surface area contributed by atoms with Crippen LogP contribution in [0.5, 0.6) is 0 Å². The molecule has 1 fully saturated rings. The molecule has 1 atom stereocenters. The normalized spacial score (nSPS) is 16.3. The van der Waals surface area contributed by atoms with E-state index in [0.29, 0.717) is 16.7 Å². The molecule has 0 saturated heterocycles. The highest BCUT2D eigenvalue weighted by atomic mass is 35.5. The van der Waals surface area contributed by atoms with Gasteiger partial charge in [0.15, 0.2) is 0 Å². The van der Waals surface area contributed by atoms with Crippen LogP contribution in [0.2, 0.25) is 5.02 Å². The third-order valence-corrected chi connectivity index (χ3v) is 4.31. The molecule has 2 rings (SSSR count). The van der Waals surface area contributed by atoms with Crippen molar-refractivity contribution in [1.82, 2.24) is 5.32 Å². The van der Waals surface area contributed by atoms with E-state index >= 15 is 0 Å². The van der Waals surface area contributed by atoms with Gasteiger partial charge in [0.05, 0.1) is 0 Å². The molecule has 0 radical (unpaired) electrons. The first-order chi connectivity index (χ1) is 8.63. The maximum absolute atomic E-state index is 11.8. The predicted octanol–water partition coefficient (Wildman–Crippen LogP) is 2.11. The molecule has 1 saturated carbocycles. The summed E-state index contributed by atoms with van der Waals surface area (Å²) in [5.74, 6) is 1.01. The van der Waals surface area contributed by atoms with E-state index in [1.54, 1.807) is 12.1 Å². The highest BCUT2D eigenvalue weighted by Crippen LogP contribution is 2.27. The summed E-state index contributed by atoms with van der Waals surface area (Å²) < 4.78 is 11.8. The van der Waals surface area contributed by atoms with Crippen LogP contribution in [0.25, 0.3) is 0 Å². The monoisotopic (exact) mass is 285 g/mol. The molecule has 1 aromatic rings. The summed E-state index contributed by atoms with van der Waals surface area (Å²) in [6, 6.07) is 7.20. The van der Waals surface area contributed by atoms with Crippen LogP contribution < -0.4 is 5.32 Å². The molecule has 3 nitrogen and oxygen atoms in total. The van der Waals surface area contributed by atoms with Crippen molar-refractivity contribution in [3.8, 4) is 0 Å². The van der Waals surface area contributed by atoms with Gasteiger partial charge in [0.1, 0.15) is 5.75 Å². The third kappa shape index (κ3) is 4.78. The van der Waals surface area contributed by atoms with Crippen molar-refractivity contribution in [2.75, 3.05) is 12.3 Å². The van der Waals surface area contributed by atoms with E-state index < -0.39 is 10.8 Å². The van der Waals surface area contributed by atoms with Crippen molar-refractivity contribution in [2.24, 2.45) is 5.92 Å². The lowest BCUT2D eigenvalue weighted by Crippen LogP contribution is -2.30. The molecule has 0 aromatic heterocycles. The van der Waals surface area contributed by atoms with Crippen molar-refractivity contribution in [3.63, 3.8) is 0 Å². The lowest BCUT2D eigenvalue weighted by atomic mass is 10.2. The summed E-state index contributed by atoms with van der Waals surface area (Å²) in [5.41, 5.74) is 0.938. The van der Waals surface area contributed by atoms with Crippen LogP contribution in [-0.4, -0.2) is 22.4 Å². The van der Waals surface area contributed by atoms with Crippen molar-refractivity contribution in [3.05, 3.63) is 34.9 Å². The van der Waals surface area contributed by atoms with Crippen LogP contribution in [0.1, 0.15) is 18.4 Å². The maximum atomic E-state index is 11.8. The summed E-state index contributed by atoms with van der Waals surface area (Å²) in [7, 11) is -1.16. The lowest BCUT2D eigenvalue weighted by molar-refractivity contribution is -0.118. The van der Waals surface area contributed by atoms with E-state index in [-0.39, 0.29) is 11.7 Å². The van der Waals surface area contributed by atoms with Gasteiger partial charge in [-0.3, -0.25) is 9.00 Å². The summed E-state index contributed by atoms with van der Waals surface area (Å²) >= 11 is 5.77. The zero-order valence-electron chi connectivity index (χ0n) is 10.0. The zero-order chi connectivity index (χ0) is 13.0. The van der Waals surface area contributed by atoms with Crippen LogP contribution in [0.3, 0.4) is 0 Å². The molecule has 0 bridgehead atoms. The molecule has 1 aromatic carbocycles. The van der Waals surface area contributed by atoms with Crippen LogP contribution in [0.15, 0.2) is 24.3 Å². The number of carbonyl (C=O) groups is 1. The largest absolute Gasteiger partial charge is 0.355 e. The first kappa shape index (κ1) is 13.6. The van der Waals surface area contributed by atoms with Crippen LogP contribution >= 0.6 is 11.6 Å². The Morgan fingerprint density at radius 1 is 1.33 bits per heavy atom. The van der Waals surface area contributed by atoms with E-state index in [0.717, 1.165) is 12.1 Å². The van der Waals surface area contributed by atoms with E-state index in [2.05, 4.69) is 5.32 Å². The van der Waals surface area contributed by atoms with Crippen LogP contribution in [0, 0.1) is 5.92 Å². The third-order valence-electron chi connectivity index (χ3n) is 2.82. The van der Waals surface area contributed by atoms with Gasteiger partial charge in [-0.2, -0.15) is 0 Å². The summed E-state index contributed by atoms with van der Waals surface area (Å²) in [5, 5.41) is 3.48. The van der Waals surface area contributed by atoms with Crippen LogP contribution in [0.4, 0.5) is 0 Å². The fourth-order valence-corrected chi connectivity index (χ4v) is 2.78. The predicted molar refractivity (Wildman–Crippen MR) is 73.9 cm³/mol. The molecule has 0 spiro atoms. The molecular weight excluding hydrogens is 270 g/mol. The molecular formula is C13H16ClNO2S. The topological polar surface area (TPSA) is 46.2 Å². The van der Waals surface area contributed by atoms with Gasteiger partial charge in [-0.05, 0) is 36.5 Å². The van der Waals surface area contributed by atoms with Gasteiger partial charge in [0.25, 0.3) is 0 Å². The van der Waals surface area contributed by atoms with Gasteiger partial charge in [0.2, 0.25) is 5.91 Å². The number of carbonyl (C=O) groups excluding carboxylic acids is 1. The number of amides is 1. The van der Waals surface area contributed by atoms with Gasteiger partial charge in [0, 0.05) is 28.1 Å². The minimum atomic E-state index is -1.16. The number of hydrogen-bond donors (Lipinski definition) is 1. The Kier molecular flexibility index (Phi) is 4.78.